The molecule has 2 unspecified atom stereocenters. The van der Waals surface area contributed by atoms with Gasteiger partial charge in [0.25, 0.3) is 0 Å². The number of aliphatic hydroxyl groups is 2. The minimum atomic E-state index is -0.815. The third kappa shape index (κ3) is 3.60. The summed E-state index contributed by atoms with van der Waals surface area (Å²) in [6, 6.07) is 2.32. The van der Waals surface area contributed by atoms with Crippen molar-refractivity contribution in [3.05, 3.63) is 59.0 Å². The van der Waals surface area contributed by atoms with Gasteiger partial charge in [-0.1, -0.05) is 39.5 Å². The lowest BCUT2D eigenvalue weighted by molar-refractivity contribution is -0.144. The van der Waals surface area contributed by atoms with E-state index in [1.807, 2.05) is 13.0 Å². The zero-order chi connectivity index (χ0) is 33.8. The van der Waals surface area contributed by atoms with Crippen molar-refractivity contribution in [1.29, 1.82) is 0 Å². The number of carbonyl (C=O) groups is 1. The molecule has 250 valence electrons. The van der Waals surface area contributed by atoms with Gasteiger partial charge in [0.2, 0.25) is 0 Å². The van der Waals surface area contributed by atoms with Gasteiger partial charge in [0, 0.05) is 45.2 Å². The molecule has 8 rings (SSSR count). The van der Waals surface area contributed by atoms with E-state index >= 15 is 0 Å². The molecule has 5 aliphatic rings. The van der Waals surface area contributed by atoms with Crippen LogP contribution in [0.25, 0.3) is 27.4 Å². The molecule has 2 fully saturated rings. The molecule has 2 saturated carbocycles. The molecule has 1 aromatic carbocycles. The second kappa shape index (κ2) is 9.40. The third-order valence-electron chi connectivity index (χ3n) is 14.2. The van der Waals surface area contributed by atoms with Crippen molar-refractivity contribution in [3.8, 4) is 5.75 Å². The fourth-order valence-electron chi connectivity index (χ4n) is 12.3. The molecule has 3 aromatic rings. The Bertz CT molecular complexity index is 1940. The maximum absolute atomic E-state index is 12.2. The molecule has 0 spiro atoms. The zero-order valence-corrected chi connectivity index (χ0v) is 29.3. The number of benzene rings is 1. The van der Waals surface area contributed by atoms with Crippen LogP contribution in [0.5, 0.6) is 5.75 Å². The first-order valence-corrected chi connectivity index (χ1v) is 17.7. The number of rotatable bonds is 4. The van der Waals surface area contributed by atoms with Crippen molar-refractivity contribution in [2.45, 2.75) is 123 Å². The van der Waals surface area contributed by atoms with E-state index in [0.717, 1.165) is 70.8 Å². The second-order valence-corrected chi connectivity index (χ2v) is 17.5. The summed E-state index contributed by atoms with van der Waals surface area (Å²) in [5.41, 5.74) is 6.20. The smallest absolute Gasteiger partial charge is 0.149 e. The lowest BCUT2D eigenvalue weighted by atomic mass is 9.40. The van der Waals surface area contributed by atoms with Crippen LogP contribution < -0.4 is 0 Å². The molecular weight excluding hydrogens is 586 g/mol. The standard InChI is InChI=1S/C41H51NO5/c1-21(2)32-35(46)30-29-23(26-20-37(3,4)47-38(5,6)31(26)34(29)45)19-24-25-18-22-12-13-27-39(7,15-10-11-17-43)28(44)14-16-40(27,8)41(22,9)36(25)42(32)33(24)30/h10,15,17,19-20,22,27-28,31,34,44-46H,1,11-14,16,18H2,2-9H3/t22?,27-,28-,31?,34+,39-,40-,41+/m0/s1. The molecule has 1 aliphatic heterocycles. The fourth-order valence-corrected chi connectivity index (χ4v) is 12.3. The van der Waals surface area contributed by atoms with Gasteiger partial charge in [-0.15, -0.1) is 0 Å². The highest BCUT2D eigenvalue weighted by Gasteiger charge is 2.67. The average molecular weight is 638 g/mol. The van der Waals surface area contributed by atoms with Gasteiger partial charge in [-0.05, 0) is 118 Å². The first-order valence-electron chi connectivity index (χ1n) is 17.7. The number of aliphatic hydroxyl groups excluding tert-OH is 2. The van der Waals surface area contributed by atoms with E-state index in [1.54, 1.807) is 0 Å². The molecule has 3 heterocycles. The quantitative estimate of drug-likeness (QED) is 0.199. The van der Waals surface area contributed by atoms with Gasteiger partial charge in [-0.3, -0.25) is 0 Å². The normalized spacial score (nSPS) is 38.3. The molecule has 8 atom stereocenters. The molecule has 3 N–H and O–H groups in total. The van der Waals surface area contributed by atoms with Crippen molar-refractivity contribution < 1.29 is 24.9 Å². The summed E-state index contributed by atoms with van der Waals surface area (Å²) in [6.45, 7) is 21.8. The monoisotopic (exact) mass is 637 g/mol. The van der Waals surface area contributed by atoms with Crippen molar-refractivity contribution in [1.82, 2.24) is 4.40 Å². The predicted molar refractivity (Wildman–Crippen MR) is 187 cm³/mol. The number of allylic oxidation sites excluding steroid dienone is 2. The molecule has 0 radical (unpaired) electrons. The molecule has 0 bridgehead atoms. The number of aromatic nitrogens is 1. The van der Waals surface area contributed by atoms with Crippen LogP contribution in [-0.4, -0.2) is 43.3 Å². The van der Waals surface area contributed by atoms with Crippen LogP contribution in [0.15, 0.2) is 30.9 Å². The first-order chi connectivity index (χ1) is 21.9. The molecule has 6 heteroatoms. The topological polar surface area (TPSA) is 91.4 Å². The maximum atomic E-state index is 12.2. The van der Waals surface area contributed by atoms with Crippen LogP contribution in [0.1, 0.15) is 122 Å². The van der Waals surface area contributed by atoms with E-state index in [2.05, 4.69) is 77.7 Å². The summed E-state index contributed by atoms with van der Waals surface area (Å²) in [5.74, 6) is 0.606. The maximum Gasteiger partial charge on any atom is 0.149 e. The molecule has 4 aliphatic carbocycles. The summed E-state index contributed by atoms with van der Waals surface area (Å²) in [5, 5.41) is 37.8. The Hall–Kier alpha value is -2.93. The van der Waals surface area contributed by atoms with Crippen LogP contribution in [-0.2, 0) is 21.4 Å². The zero-order valence-electron chi connectivity index (χ0n) is 29.3. The highest BCUT2D eigenvalue weighted by Crippen LogP contribution is 2.71. The van der Waals surface area contributed by atoms with Crippen LogP contribution >= 0.6 is 0 Å². The summed E-state index contributed by atoms with van der Waals surface area (Å²) >= 11 is 0. The second-order valence-electron chi connectivity index (χ2n) is 17.5. The highest BCUT2D eigenvalue weighted by molar-refractivity contribution is 6.11. The summed E-state index contributed by atoms with van der Waals surface area (Å²) < 4.78 is 8.86. The SMILES string of the molecule is C=C(C)c1c(O)c2c3c(cc4c5c(n1c42)[C@@]1(C)C(CC[C@H]2[C@](C)(C=CCC=O)[C@@H](O)CC[C@@]21C)C5)C1=CC(C)(C)OC(C)(C)C1[C@@H]3O. The van der Waals surface area contributed by atoms with Gasteiger partial charge in [0.1, 0.15) is 12.0 Å². The van der Waals surface area contributed by atoms with Crippen molar-refractivity contribution in [2.24, 2.45) is 28.6 Å². The Balaban J connectivity index is 1.42. The van der Waals surface area contributed by atoms with Gasteiger partial charge in [-0.2, -0.15) is 0 Å². The largest absolute Gasteiger partial charge is 0.505 e. The molecular formula is C41H51NO5. The molecule has 47 heavy (non-hydrogen) atoms. The van der Waals surface area contributed by atoms with E-state index in [1.165, 1.54) is 16.6 Å². The number of fused-ring (bicyclic) bond motifs is 11. The first kappa shape index (κ1) is 31.3. The number of aromatic hydroxyl groups is 1. The van der Waals surface area contributed by atoms with Gasteiger partial charge >= 0.3 is 0 Å². The highest BCUT2D eigenvalue weighted by atomic mass is 16.5. The Morgan fingerprint density at radius 2 is 1.83 bits per heavy atom. The minimum Gasteiger partial charge on any atom is -0.505 e. The van der Waals surface area contributed by atoms with Gasteiger partial charge in [-0.25, -0.2) is 0 Å². The Morgan fingerprint density at radius 3 is 2.51 bits per heavy atom. The number of carbonyl (C=O) groups excluding carboxylic acids is 1. The Kier molecular flexibility index (Phi) is 6.27. The molecule has 0 saturated heterocycles. The van der Waals surface area contributed by atoms with Crippen molar-refractivity contribution in [3.63, 3.8) is 0 Å². The fraction of sp³-hybridized carbons (Fsp3) is 0.585. The Labute approximate surface area is 278 Å². The summed E-state index contributed by atoms with van der Waals surface area (Å²) in [7, 11) is 0. The predicted octanol–water partition coefficient (Wildman–Crippen LogP) is 8.06. The van der Waals surface area contributed by atoms with Gasteiger partial charge in [0.15, 0.2) is 0 Å². The molecule has 0 amide bonds. The van der Waals surface area contributed by atoms with Crippen molar-refractivity contribution >= 4 is 33.7 Å². The average Bonchev–Trinajstić information content (AvgIpc) is 3.64. The third-order valence-corrected chi connectivity index (χ3v) is 14.2. The van der Waals surface area contributed by atoms with E-state index in [0.29, 0.717) is 18.8 Å². The molecule has 2 aromatic heterocycles. The van der Waals surface area contributed by atoms with E-state index in [4.69, 9.17) is 4.74 Å². The molecule has 6 nitrogen and oxygen atoms in total. The number of aldehydes is 1. The number of hydrogen-bond acceptors (Lipinski definition) is 5. The van der Waals surface area contributed by atoms with Crippen molar-refractivity contribution in [2.75, 3.05) is 0 Å². The Morgan fingerprint density at radius 1 is 1.11 bits per heavy atom. The van der Waals surface area contributed by atoms with E-state index in [-0.39, 0.29) is 28.4 Å². The van der Waals surface area contributed by atoms with Crippen LogP contribution in [0.4, 0.5) is 0 Å². The number of ether oxygens (including phenoxy) is 1. The van der Waals surface area contributed by atoms with Gasteiger partial charge < -0.3 is 29.3 Å². The van der Waals surface area contributed by atoms with E-state index < -0.39 is 28.8 Å². The number of hydrogen-bond donors (Lipinski definition) is 3. The van der Waals surface area contributed by atoms with Crippen LogP contribution in [0, 0.1) is 28.6 Å². The minimum absolute atomic E-state index is 0.141. The lowest BCUT2D eigenvalue weighted by Crippen LogP contribution is -2.62. The van der Waals surface area contributed by atoms with Crippen LogP contribution in [0.2, 0.25) is 0 Å². The van der Waals surface area contributed by atoms with Gasteiger partial charge in [0.05, 0.1) is 34.6 Å². The van der Waals surface area contributed by atoms with E-state index in [9.17, 15) is 20.1 Å². The lowest BCUT2D eigenvalue weighted by Gasteiger charge is -2.64. The summed E-state index contributed by atoms with van der Waals surface area (Å²) in [6.07, 6.45) is 10.9. The van der Waals surface area contributed by atoms with Crippen LogP contribution in [0.3, 0.4) is 0 Å². The number of nitrogens with zero attached hydrogens (tertiary/aromatic N) is 1. The summed E-state index contributed by atoms with van der Waals surface area (Å²) in [4.78, 5) is 11.3.